The normalized spacial score (nSPS) is 10.7. The zero-order valence-corrected chi connectivity index (χ0v) is 20.1. The van der Waals surface area contributed by atoms with Crippen molar-refractivity contribution >= 4 is 16.8 Å². The van der Waals surface area contributed by atoms with Crippen molar-refractivity contribution in [3.8, 4) is 28.5 Å². The van der Waals surface area contributed by atoms with Gasteiger partial charge < -0.3 is 19.1 Å². The quantitative estimate of drug-likeness (QED) is 0.367. The van der Waals surface area contributed by atoms with Gasteiger partial charge in [-0.1, -0.05) is 42.5 Å². The van der Waals surface area contributed by atoms with Gasteiger partial charge in [0.25, 0.3) is 5.91 Å². The summed E-state index contributed by atoms with van der Waals surface area (Å²) in [7, 11) is 6.53. The lowest BCUT2D eigenvalue weighted by Gasteiger charge is -2.20. The van der Waals surface area contributed by atoms with E-state index in [0.29, 0.717) is 35.1 Å². The second-order valence-corrected chi connectivity index (χ2v) is 8.07. The number of fused-ring (bicyclic) bond motifs is 1. The Morgan fingerprint density at radius 2 is 1.53 bits per heavy atom. The minimum absolute atomic E-state index is 0.0736. The Balaban J connectivity index is 1.82. The minimum Gasteiger partial charge on any atom is -0.493 e. The molecule has 4 aromatic rings. The van der Waals surface area contributed by atoms with E-state index in [0.717, 1.165) is 27.6 Å². The van der Waals surface area contributed by atoms with E-state index < -0.39 is 0 Å². The molecule has 0 saturated carbocycles. The third-order valence-corrected chi connectivity index (χ3v) is 5.92. The average molecular weight is 457 g/mol. The Kier molecular flexibility index (Phi) is 6.68. The summed E-state index contributed by atoms with van der Waals surface area (Å²) in [5, 5.41) is 0.806. The highest BCUT2D eigenvalue weighted by atomic mass is 16.5. The van der Waals surface area contributed by atoms with Crippen molar-refractivity contribution in [1.29, 1.82) is 0 Å². The highest BCUT2D eigenvalue weighted by Gasteiger charge is 2.20. The van der Waals surface area contributed by atoms with Crippen LogP contribution in [0.3, 0.4) is 0 Å². The van der Waals surface area contributed by atoms with Crippen LogP contribution in [0.4, 0.5) is 0 Å². The monoisotopic (exact) mass is 456 g/mol. The summed E-state index contributed by atoms with van der Waals surface area (Å²) in [6.45, 7) is 2.57. The highest BCUT2D eigenvalue weighted by Crippen LogP contribution is 2.41. The van der Waals surface area contributed by atoms with Crippen molar-refractivity contribution in [3.63, 3.8) is 0 Å². The van der Waals surface area contributed by atoms with E-state index >= 15 is 0 Å². The van der Waals surface area contributed by atoms with Crippen molar-refractivity contribution in [1.82, 2.24) is 9.88 Å². The van der Waals surface area contributed by atoms with Crippen LogP contribution in [0, 0.1) is 6.92 Å². The van der Waals surface area contributed by atoms with Gasteiger partial charge in [-0.3, -0.25) is 4.79 Å². The Morgan fingerprint density at radius 3 is 2.18 bits per heavy atom. The number of methoxy groups -OCH3 is 3. The third-order valence-electron chi connectivity index (χ3n) is 5.92. The summed E-state index contributed by atoms with van der Waals surface area (Å²) in [4.78, 5) is 20.2. The van der Waals surface area contributed by atoms with Crippen LogP contribution in [-0.4, -0.2) is 44.2 Å². The van der Waals surface area contributed by atoms with Crippen molar-refractivity contribution in [2.75, 3.05) is 28.4 Å². The summed E-state index contributed by atoms with van der Waals surface area (Å²) in [6.07, 6.45) is 0. The molecule has 3 aromatic carbocycles. The number of nitrogens with zero attached hydrogens (tertiary/aromatic N) is 2. The van der Waals surface area contributed by atoms with E-state index in [9.17, 15) is 4.79 Å². The van der Waals surface area contributed by atoms with Gasteiger partial charge in [-0.2, -0.15) is 0 Å². The molecular formula is C28H28N2O4. The first-order valence-corrected chi connectivity index (χ1v) is 11.0. The number of ether oxygens (including phenoxy) is 3. The van der Waals surface area contributed by atoms with E-state index in [2.05, 4.69) is 13.0 Å². The number of carbonyl (C=O) groups excluding carboxylic acids is 1. The van der Waals surface area contributed by atoms with Gasteiger partial charge in [0.1, 0.15) is 0 Å². The number of benzene rings is 3. The second kappa shape index (κ2) is 9.83. The molecule has 0 aliphatic heterocycles. The van der Waals surface area contributed by atoms with Gasteiger partial charge in [0.2, 0.25) is 5.75 Å². The Bertz CT molecular complexity index is 1320. The molecule has 0 radical (unpaired) electrons. The van der Waals surface area contributed by atoms with E-state index in [1.807, 2.05) is 67.7 Å². The minimum atomic E-state index is -0.0736. The molecule has 0 N–H and O–H groups in total. The molecular weight excluding hydrogens is 428 g/mol. The number of aryl methyl sites for hydroxylation is 1. The molecule has 0 fully saturated rings. The maximum absolute atomic E-state index is 13.6. The lowest BCUT2D eigenvalue weighted by molar-refractivity contribution is 0.0787. The molecule has 0 unspecified atom stereocenters. The predicted octanol–water partition coefficient (Wildman–Crippen LogP) is 5.51. The third kappa shape index (κ3) is 4.39. The number of hydrogen-bond acceptors (Lipinski definition) is 5. The molecule has 0 spiro atoms. The second-order valence-electron chi connectivity index (χ2n) is 8.07. The largest absolute Gasteiger partial charge is 0.493 e. The molecule has 174 valence electrons. The van der Waals surface area contributed by atoms with Crippen LogP contribution in [-0.2, 0) is 6.54 Å². The number of aromatic nitrogens is 1. The van der Waals surface area contributed by atoms with Gasteiger partial charge in [-0.05, 0) is 42.3 Å². The molecule has 0 aliphatic rings. The molecule has 1 amide bonds. The average Bonchev–Trinajstić information content (AvgIpc) is 2.87. The van der Waals surface area contributed by atoms with Crippen molar-refractivity contribution in [2.45, 2.75) is 13.5 Å². The molecule has 0 bridgehead atoms. The summed E-state index contributed by atoms with van der Waals surface area (Å²) in [5.41, 5.74) is 5.00. The van der Waals surface area contributed by atoms with Crippen LogP contribution in [0.15, 0.2) is 66.7 Å². The first kappa shape index (κ1) is 23.1. The van der Waals surface area contributed by atoms with E-state index in [-0.39, 0.29) is 5.91 Å². The standard InChI is InChI=1S/C28H28N2O4/c1-18-10-6-7-11-19(18)17-30(2)28(31)22-16-24(29-23-13-9-8-12-21(22)23)20-14-25(32-3)27(34-5)26(15-20)33-4/h6-16H,17H2,1-5H3. The molecule has 6 nitrogen and oxygen atoms in total. The highest BCUT2D eigenvalue weighted by molar-refractivity contribution is 6.07. The van der Waals surface area contributed by atoms with Gasteiger partial charge in [-0.15, -0.1) is 0 Å². The summed E-state index contributed by atoms with van der Waals surface area (Å²) < 4.78 is 16.5. The van der Waals surface area contributed by atoms with E-state index in [1.165, 1.54) is 0 Å². The van der Waals surface area contributed by atoms with Crippen LogP contribution in [0.25, 0.3) is 22.2 Å². The molecule has 0 atom stereocenters. The zero-order chi connectivity index (χ0) is 24.2. The van der Waals surface area contributed by atoms with Gasteiger partial charge in [0.05, 0.1) is 38.1 Å². The zero-order valence-electron chi connectivity index (χ0n) is 20.1. The van der Waals surface area contributed by atoms with Crippen molar-refractivity contribution < 1.29 is 19.0 Å². The fraction of sp³-hybridized carbons (Fsp3) is 0.214. The molecule has 0 saturated heterocycles. The summed E-state index contributed by atoms with van der Waals surface area (Å²) >= 11 is 0. The van der Waals surface area contributed by atoms with Gasteiger partial charge in [-0.25, -0.2) is 4.98 Å². The van der Waals surface area contributed by atoms with E-state index in [4.69, 9.17) is 19.2 Å². The SMILES string of the molecule is COc1cc(-c2cc(C(=O)N(C)Cc3ccccc3C)c3ccccc3n2)cc(OC)c1OC. The van der Waals surface area contributed by atoms with Crippen LogP contribution in [0.5, 0.6) is 17.2 Å². The Labute approximate surface area is 199 Å². The van der Waals surface area contributed by atoms with Crippen molar-refractivity contribution in [3.05, 3.63) is 83.4 Å². The molecule has 34 heavy (non-hydrogen) atoms. The summed E-state index contributed by atoms with van der Waals surface area (Å²) in [5.74, 6) is 1.48. The Morgan fingerprint density at radius 1 is 0.882 bits per heavy atom. The number of carbonyl (C=O) groups is 1. The van der Waals surface area contributed by atoms with Crippen LogP contribution in [0.1, 0.15) is 21.5 Å². The Hall–Kier alpha value is -4.06. The van der Waals surface area contributed by atoms with Crippen LogP contribution < -0.4 is 14.2 Å². The lowest BCUT2D eigenvalue weighted by atomic mass is 10.0. The number of amides is 1. The number of pyridine rings is 1. The van der Waals surface area contributed by atoms with Gasteiger partial charge in [0.15, 0.2) is 11.5 Å². The summed E-state index contributed by atoms with van der Waals surface area (Å²) in [6, 6.07) is 21.3. The number of para-hydroxylation sites is 1. The van der Waals surface area contributed by atoms with Gasteiger partial charge in [0, 0.05) is 24.5 Å². The molecule has 1 heterocycles. The molecule has 4 rings (SSSR count). The van der Waals surface area contributed by atoms with Crippen molar-refractivity contribution in [2.24, 2.45) is 0 Å². The van der Waals surface area contributed by atoms with Gasteiger partial charge >= 0.3 is 0 Å². The number of hydrogen-bond donors (Lipinski definition) is 0. The smallest absolute Gasteiger partial charge is 0.254 e. The van der Waals surface area contributed by atoms with Crippen LogP contribution in [0.2, 0.25) is 0 Å². The number of rotatable bonds is 7. The first-order valence-electron chi connectivity index (χ1n) is 11.0. The predicted molar refractivity (Wildman–Crippen MR) is 134 cm³/mol. The first-order chi connectivity index (χ1) is 16.5. The fourth-order valence-corrected chi connectivity index (χ4v) is 4.05. The maximum atomic E-state index is 13.6. The molecule has 1 aromatic heterocycles. The maximum Gasteiger partial charge on any atom is 0.254 e. The fourth-order valence-electron chi connectivity index (χ4n) is 4.05. The van der Waals surface area contributed by atoms with E-state index in [1.54, 1.807) is 26.2 Å². The molecule has 0 aliphatic carbocycles. The topological polar surface area (TPSA) is 60.9 Å². The lowest BCUT2D eigenvalue weighted by Crippen LogP contribution is -2.27. The molecule has 6 heteroatoms. The van der Waals surface area contributed by atoms with Crippen LogP contribution >= 0.6 is 0 Å².